The summed E-state index contributed by atoms with van der Waals surface area (Å²) in [7, 11) is 0. The second kappa shape index (κ2) is 10.2. The average Bonchev–Trinajstić information content (AvgIpc) is 2.74. The molecule has 0 saturated heterocycles. The third-order valence-corrected chi connectivity index (χ3v) is 4.48. The van der Waals surface area contributed by atoms with Gasteiger partial charge in [0.25, 0.3) is 5.91 Å². The monoisotopic (exact) mass is 421 g/mol. The molecule has 0 aromatic heterocycles. The molecule has 152 valence electrons. The summed E-state index contributed by atoms with van der Waals surface area (Å²) in [5.74, 6) is -0.488. The molecule has 0 radical (unpaired) electrons. The zero-order valence-corrected chi connectivity index (χ0v) is 17.0. The Balaban J connectivity index is 1.54. The number of ether oxygens (including phenoxy) is 1. The molecule has 0 aliphatic rings. The van der Waals surface area contributed by atoms with Crippen LogP contribution in [0, 0.1) is 6.92 Å². The molecule has 0 unspecified atom stereocenters. The zero-order chi connectivity index (χ0) is 21.3. The van der Waals surface area contributed by atoms with Crippen LogP contribution in [-0.2, 0) is 4.79 Å². The van der Waals surface area contributed by atoms with Gasteiger partial charge in [-0.1, -0.05) is 54.1 Å². The second-order valence-corrected chi connectivity index (χ2v) is 6.81. The number of hydrogen-bond donors (Lipinski definition) is 2. The Hall–Kier alpha value is -3.64. The first-order valence-electron chi connectivity index (χ1n) is 9.21. The predicted molar refractivity (Wildman–Crippen MR) is 118 cm³/mol. The molecular formula is C23H20ClN3O3. The molecule has 0 aliphatic carbocycles. The highest BCUT2D eigenvalue weighted by Gasteiger charge is 2.12. The van der Waals surface area contributed by atoms with Gasteiger partial charge in [-0.15, -0.1) is 0 Å². The maximum atomic E-state index is 12.3. The van der Waals surface area contributed by atoms with Gasteiger partial charge in [0.15, 0.2) is 0 Å². The Morgan fingerprint density at radius 2 is 1.80 bits per heavy atom. The molecule has 3 rings (SSSR count). The average molecular weight is 422 g/mol. The summed E-state index contributed by atoms with van der Waals surface area (Å²) in [5.41, 5.74) is 5.35. The number of para-hydroxylation sites is 1. The van der Waals surface area contributed by atoms with Gasteiger partial charge in [-0.2, -0.15) is 5.10 Å². The van der Waals surface area contributed by atoms with Crippen molar-refractivity contribution in [2.75, 3.05) is 11.9 Å². The van der Waals surface area contributed by atoms with Gasteiger partial charge in [-0.3, -0.25) is 4.79 Å². The number of nitrogens with one attached hydrogen (secondary N) is 2. The first-order chi connectivity index (χ1) is 14.5. The third-order valence-electron chi connectivity index (χ3n) is 4.15. The first-order valence-corrected chi connectivity index (χ1v) is 9.59. The summed E-state index contributed by atoms with van der Waals surface area (Å²) < 4.78 is 5.37. The number of aryl methyl sites for hydroxylation is 1. The summed E-state index contributed by atoms with van der Waals surface area (Å²) in [6.45, 7) is 2.06. The lowest BCUT2D eigenvalue weighted by Gasteiger charge is -2.08. The molecule has 7 heteroatoms. The molecule has 0 atom stereocenters. The number of amides is 1. The van der Waals surface area contributed by atoms with Gasteiger partial charge in [0.2, 0.25) is 0 Å². The molecule has 1 amide bonds. The van der Waals surface area contributed by atoms with Crippen LogP contribution >= 0.6 is 11.6 Å². The van der Waals surface area contributed by atoms with Gasteiger partial charge in [0.1, 0.15) is 5.75 Å². The summed E-state index contributed by atoms with van der Waals surface area (Å²) in [6, 6.07) is 21.1. The molecule has 3 aromatic rings. The number of carbonyl (C=O) groups excluding carboxylic acids is 2. The van der Waals surface area contributed by atoms with E-state index in [-0.39, 0.29) is 18.0 Å². The van der Waals surface area contributed by atoms with Crippen molar-refractivity contribution in [1.29, 1.82) is 0 Å². The van der Waals surface area contributed by atoms with Crippen LogP contribution in [0.3, 0.4) is 0 Å². The fraction of sp³-hybridized carbons (Fsp3) is 0.0870. The van der Waals surface area contributed by atoms with Crippen LogP contribution in [0.5, 0.6) is 5.75 Å². The van der Waals surface area contributed by atoms with Crippen molar-refractivity contribution in [3.8, 4) is 5.75 Å². The van der Waals surface area contributed by atoms with E-state index in [0.717, 1.165) is 11.3 Å². The lowest BCUT2D eigenvalue weighted by Crippen LogP contribution is -2.26. The van der Waals surface area contributed by atoms with Crippen LogP contribution in [0.2, 0.25) is 5.02 Å². The number of benzene rings is 3. The number of rotatable bonds is 7. The van der Waals surface area contributed by atoms with Gasteiger partial charge in [0, 0.05) is 5.69 Å². The highest BCUT2D eigenvalue weighted by Crippen LogP contribution is 2.19. The second-order valence-electron chi connectivity index (χ2n) is 6.40. The molecule has 0 fully saturated rings. The predicted octanol–water partition coefficient (Wildman–Crippen LogP) is 4.43. The number of halogens is 1. The Morgan fingerprint density at radius 1 is 1.03 bits per heavy atom. The number of esters is 1. The standard InChI is InChI=1S/C23H20ClN3O3/c1-16-7-2-5-12-21(16)25-15-22(28)27-26-14-17-8-6-9-18(13-17)30-23(29)19-10-3-4-11-20(19)24/h2-14,25H,15H2,1H3,(H,27,28)/b26-14+. The minimum Gasteiger partial charge on any atom is -0.423 e. The maximum absolute atomic E-state index is 12.3. The molecule has 0 bridgehead atoms. The lowest BCUT2D eigenvalue weighted by molar-refractivity contribution is -0.119. The van der Waals surface area contributed by atoms with E-state index in [9.17, 15) is 9.59 Å². The van der Waals surface area contributed by atoms with Crippen molar-refractivity contribution in [2.45, 2.75) is 6.92 Å². The molecule has 0 aliphatic heterocycles. The van der Waals surface area contributed by atoms with Crippen molar-refractivity contribution >= 4 is 35.4 Å². The van der Waals surface area contributed by atoms with Crippen LogP contribution in [0.15, 0.2) is 77.9 Å². The molecule has 0 heterocycles. The Morgan fingerprint density at radius 3 is 2.60 bits per heavy atom. The fourth-order valence-electron chi connectivity index (χ4n) is 2.61. The molecule has 0 saturated carbocycles. The Labute approximate surface area is 179 Å². The molecule has 2 N–H and O–H groups in total. The van der Waals surface area contributed by atoms with Crippen LogP contribution in [-0.4, -0.2) is 24.6 Å². The van der Waals surface area contributed by atoms with E-state index in [0.29, 0.717) is 16.3 Å². The third kappa shape index (κ3) is 5.93. The number of anilines is 1. The zero-order valence-electron chi connectivity index (χ0n) is 16.3. The molecule has 0 spiro atoms. The first kappa shape index (κ1) is 21.1. The van der Waals surface area contributed by atoms with E-state index in [1.165, 1.54) is 6.21 Å². The van der Waals surface area contributed by atoms with Crippen molar-refractivity contribution in [2.24, 2.45) is 5.10 Å². The fourth-order valence-corrected chi connectivity index (χ4v) is 2.83. The number of hydrogen-bond acceptors (Lipinski definition) is 5. The van der Waals surface area contributed by atoms with Crippen LogP contribution in [0.25, 0.3) is 0 Å². The van der Waals surface area contributed by atoms with Gasteiger partial charge in [-0.05, 0) is 48.4 Å². The van der Waals surface area contributed by atoms with E-state index < -0.39 is 5.97 Å². The Kier molecular flexibility index (Phi) is 7.19. The summed E-state index contributed by atoms with van der Waals surface area (Å²) in [6.07, 6.45) is 1.47. The Bertz CT molecular complexity index is 1080. The topological polar surface area (TPSA) is 79.8 Å². The summed E-state index contributed by atoms with van der Waals surface area (Å²) in [4.78, 5) is 24.2. The summed E-state index contributed by atoms with van der Waals surface area (Å²) in [5, 5.41) is 7.32. The van der Waals surface area contributed by atoms with E-state index >= 15 is 0 Å². The highest BCUT2D eigenvalue weighted by molar-refractivity contribution is 6.33. The minimum absolute atomic E-state index is 0.0949. The van der Waals surface area contributed by atoms with Gasteiger partial charge in [-0.25, -0.2) is 10.2 Å². The number of carbonyl (C=O) groups is 2. The minimum atomic E-state index is -0.551. The normalized spacial score (nSPS) is 10.6. The van der Waals surface area contributed by atoms with Gasteiger partial charge >= 0.3 is 5.97 Å². The number of hydrazone groups is 1. The largest absolute Gasteiger partial charge is 0.423 e. The van der Waals surface area contributed by atoms with E-state index in [2.05, 4.69) is 15.8 Å². The molecule has 3 aromatic carbocycles. The molecular weight excluding hydrogens is 402 g/mol. The summed E-state index contributed by atoms with van der Waals surface area (Å²) >= 11 is 6.02. The van der Waals surface area contributed by atoms with Crippen molar-refractivity contribution in [1.82, 2.24) is 5.43 Å². The van der Waals surface area contributed by atoms with Crippen molar-refractivity contribution < 1.29 is 14.3 Å². The van der Waals surface area contributed by atoms with Gasteiger partial charge in [0.05, 0.1) is 23.3 Å². The lowest BCUT2D eigenvalue weighted by atomic mass is 10.2. The highest BCUT2D eigenvalue weighted by atomic mass is 35.5. The smallest absolute Gasteiger partial charge is 0.345 e. The maximum Gasteiger partial charge on any atom is 0.345 e. The quantitative estimate of drug-likeness (QED) is 0.256. The molecule has 6 nitrogen and oxygen atoms in total. The van der Waals surface area contributed by atoms with E-state index in [1.54, 1.807) is 48.5 Å². The van der Waals surface area contributed by atoms with Crippen molar-refractivity contribution in [3.63, 3.8) is 0 Å². The van der Waals surface area contributed by atoms with Gasteiger partial charge < -0.3 is 10.1 Å². The van der Waals surface area contributed by atoms with Crippen LogP contribution < -0.4 is 15.5 Å². The van der Waals surface area contributed by atoms with Crippen molar-refractivity contribution in [3.05, 3.63) is 94.5 Å². The molecule has 30 heavy (non-hydrogen) atoms. The van der Waals surface area contributed by atoms with Crippen LogP contribution in [0.4, 0.5) is 5.69 Å². The van der Waals surface area contributed by atoms with Crippen LogP contribution in [0.1, 0.15) is 21.5 Å². The van der Waals surface area contributed by atoms with E-state index in [1.807, 2.05) is 31.2 Å². The van der Waals surface area contributed by atoms with E-state index in [4.69, 9.17) is 16.3 Å². The number of nitrogens with zero attached hydrogens (tertiary/aromatic N) is 1. The SMILES string of the molecule is Cc1ccccc1NCC(=O)N/N=C/c1cccc(OC(=O)c2ccccc2Cl)c1.